The SMILES string of the molecule is Cc1c(F)cc(C(=O)O)cc1S(=O)(=O)NCCOC(C)C. The van der Waals surface area contributed by atoms with Gasteiger partial charge < -0.3 is 9.84 Å². The number of benzene rings is 1. The van der Waals surface area contributed by atoms with E-state index in [1.165, 1.54) is 6.92 Å². The number of carboxylic acids is 1. The second-order valence-electron chi connectivity index (χ2n) is 4.70. The molecule has 0 aliphatic carbocycles. The van der Waals surface area contributed by atoms with Crippen LogP contribution >= 0.6 is 0 Å². The van der Waals surface area contributed by atoms with Crippen LogP contribution < -0.4 is 4.72 Å². The molecule has 118 valence electrons. The molecular weight excluding hydrogens is 301 g/mol. The van der Waals surface area contributed by atoms with Crippen LogP contribution in [0.4, 0.5) is 4.39 Å². The zero-order valence-corrected chi connectivity index (χ0v) is 12.8. The molecule has 8 heteroatoms. The van der Waals surface area contributed by atoms with Gasteiger partial charge in [-0.25, -0.2) is 22.3 Å². The summed E-state index contributed by atoms with van der Waals surface area (Å²) in [6.45, 7) is 5.07. The van der Waals surface area contributed by atoms with E-state index < -0.39 is 27.4 Å². The Bertz CT molecular complexity index is 628. The lowest BCUT2D eigenvalue weighted by Crippen LogP contribution is -2.29. The molecular formula is C13H18FNO5S. The standard InChI is InChI=1S/C13H18FNO5S/c1-8(2)20-5-4-15-21(18,19)12-7-10(13(16)17)6-11(14)9(12)3/h6-8,15H,4-5H2,1-3H3,(H,16,17). The van der Waals surface area contributed by atoms with Gasteiger partial charge in [-0.2, -0.15) is 0 Å². The predicted molar refractivity (Wildman–Crippen MR) is 74.4 cm³/mol. The van der Waals surface area contributed by atoms with Gasteiger partial charge in [0.15, 0.2) is 0 Å². The molecule has 0 radical (unpaired) electrons. The van der Waals surface area contributed by atoms with Crippen molar-refractivity contribution >= 4 is 16.0 Å². The van der Waals surface area contributed by atoms with E-state index in [4.69, 9.17) is 9.84 Å². The summed E-state index contributed by atoms with van der Waals surface area (Å²) < 4.78 is 45.3. The molecule has 0 bridgehead atoms. The number of rotatable bonds is 7. The molecule has 0 aliphatic rings. The van der Waals surface area contributed by atoms with Crippen molar-refractivity contribution < 1.29 is 27.4 Å². The summed E-state index contributed by atoms with van der Waals surface area (Å²) in [6.07, 6.45) is -0.0379. The van der Waals surface area contributed by atoms with Crippen molar-refractivity contribution in [3.63, 3.8) is 0 Å². The fourth-order valence-corrected chi connectivity index (χ4v) is 2.89. The lowest BCUT2D eigenvalue weighted by atomic mass is 10.1. The smallest absolute Gasteiger partial charge is 0.335 e. The van der Waals surface area contributed by atoms with E-state index >= 15 is 0 Å². The van der Waals surface area contributed by atoms with Crippen LogP contribution in [0.25, 0.3) is 0 Å². The van der Waals surface area contributed by atoms with Crippen molar-refractivity contribution in [3.8, 4) is 0 Å². The first kappa shape index (κ1) is 17.5. The molecule has 21 heavy (non-hydrogen) atoms. The van der Waals surface area contributed by atoms with E-state index in [0.717, 1.165) is 12.1 Å². The van der Waals surface area contributed by atoms with Crippen molar-refractivity contribution in [3.05, 3.63) is 29.1 Å². The highest BCUT2D eigenvalue weighted by molar-refractivity contribution is 7.89. The maximum absolute atomic E-state index is 13.6. The maximum Gasteiger partial charge on any atom is 0.335 e. The van der Waals surface area contributed by atoms with Crippen molar-refractivity contribution in [2.45, 2.75) is 31.8 Å². The van der Waals surface area contributed by atoms with Crippen molar-refractivity contribution in [1.82, 2.24) is 4.72 Å². The molecule has 0 spiro atoms. The Hall–Kier alpha value is -1.51. The van der Waals surface area contributed by atoms with Crippen LogP contribution in [0.3, 0.4) is 0 Å². The van der Waals surface area contributed by atoms with Gasteiger partial charge in [-0.15, -0.1) is 0 Å². The molecule has 2 N–H and O–H groups in total. The molecule has 0 amide bonds. The summed E-state index contributed by atoms with van der Waals surface area (Å²) in [6, 6.07) is 1.73. The van der Waals surface area contributed by atoms with Gasteiger partial charge in [0.25, 0.3) is 0 Å². The molecule has 1 aromatic rings. The zero-order chi connectivity index (χ0) is 16.2. The fraction of sp³-hybridized carbons (Fsp3) is 0.462. The molecule has 0 atom stereocenters. The van der Waals surface area contributed by atoms with Crippen LogP contribution in [-0.4, -0.2) is 38.7 Å². The minimum Gasteiger partial charge on any atom is -0.478 e. The summed E-state index contributed by atoms with van der Waals surface area (Å²) in [5, 5.41) is 8.86. The number of carbonyl (C=O) groups is 1. The van der Waals surface area contributed by atoms with Gasteiger partial charge in [0.1, 0.15) is 5.82 Å². The van der Waals surface area contributed by atoms with Gasteiger partial charge in [-0.3, -0.25) is 0 Å². The Balaban J connectivity index is 2.99. The van der Waals surface area contributed by atoms with E-state index in [1.54, 1.807) is 0 Å². The third kappa shape index (κ3) is 4.76. The third-order valence-electron chi connectivity index (χ3n) is 2.68. The van der Waals surface area contributed by atoms with Crippen LogP contribution in [0.1, 0.15) is 29.8 Å². The summed E-state index contributed by atoms with van der Waals surface area (Å²) in [4.78, 5) is 10.5. The number of halogens is 1. The molecule has 6 nitrogen and oxygen atoms in total. The Kier molecular flexibility index (Phi) is 5.82. The highest BCUT2D eigenvalue weighted by Crippen LogP contribution is 2.20. The highest BCUT2D eigenvalue weighted by atomic mass is 32.2. The van der Waals surface area contributed by atoms with Gasteiger partial charge in [-0.05, 0) is 32.9 Å². The van der Waals surface area contributed by atoms with E-state index in [9.17, 15) is 17.6 Å². The number of hydrogen-bond acceptors (Lipinski definition) is 4. The molecule has 1 aromatic carbocycles. The zero-order valence-electron chi connectivity index (χ0n) is 12.0. The first-order valence-electron chi connectivity index (χ1n) is 6.30. The average Bonchev–Trinajstić information content (AvgIpc) is 2.37. The van der Waals surface area contributed by atoms with Crippen LogP contribution in [0.5, 0.6) is 0 Å². The number of ether oxygens (including phenoxy) is 1. The molecule has 1 rings (SSSR count). The molecule has 0 aromatic heterocycles. The van der Waals surface area contributed by atoms with Crippen LogP contribution in [-0.2, 0) is 14.8 Å². The summed E-state index contributed by atoms with van der Waals surface area (Å²) in [5.74, 6) is -2.28. The van der Waals surface area contributed by atoms with E-state index in [2.05, 4.69) is 4.72 Å². The maximum atomic E-state index is 13.6. The molecule has 0 saturated heterocycles. The molecule has 0 fully saturated rings. The minimum atomic E-state index is -4.00. The second kappa shape index (κ2) is 6.97. The van der Waals surface area contributed by atoms with Crippen molar-refractivity contribution in [2.75, 3.05) is 13.2 Å². The summed E-state index contributed by atoms with van der Waals surface area (Å²) in [7, 11) is -4.00. The largest absolute Gasteiger partial charge is 0.478 e. The Labute approximate surface area is 123 Å². The van der Waals surface area contributed by atoms with Crippen molar-refractivity contribution in [1.29, 1.82) is 0 Å². The highest BCUT2D eigenvalue weighted by Gasteiger charge is 2.21. The second-order valence-corrected chi connectivity index (χ2v) is 6.44. The van der Waals surface area contributed by atoms with Crippen LogP contribution in [0.2, 0.25) is 0 Å². The quantitative estimate of drug-likeness (QED) is 0.744. The van der Waals surface area contributed by atoms with Crippen LogP contribution in [0.15, 0.2) is 17.0 Å². The Morgan fingerprint density at radius 3 is 2.57 bits per heavy atom. The fourth-order valence-electron chi connectivity index (χ4n) is 1.60. The Morgan fingerprint density at radius 2 is 2.05 bits per heavy atom. The van der Waals surface area contributed by atoms with Crippen LogP contribution in [0, 0.1) is 12.7 Å². The third-order valence-corrected chi connectivity index (χ3v) is 4.27. The molecule has 0 aliphatic heterocycles. The first-order chi connectivity index (χ1) is 9.65. The topological polar surface area (TPSA) is 92.7 Å². The van der Waals surface area contributed by atoms with E-state index in [-0.39, 0.29) is 29.7 Å². The van der Waals surface area contributed by atoms with Crippen molar-refractivity contribution in [2.24, 2.45) is 0 Å². The minimum absolute atomic E-state index is 0.0128. The summed E-state index contributed by atoms with van der Waals surface area (Å²) in [5.41, 5.74) is -0.547. The number of sulfonamides is 1. The lowest BCUT2D eigenvalue weighted by Gasteiger charge is -2.12. The van der Waals surface area contributed by atoms with E-state index in [0.29, 0.717) is 0 Å². The summed E-state index contributed by atoms with van der Waals surface area (Å²) >= 11 is 0. The lowest BCUT2D eigenvalue weighted by molar-refractivity contribution is 0.0696. The van der Waals surface area contributed by atoms with Gasteiger partial charge in [0, 0.05) is 12.1 Å². The number of nitrogens with one attached hydrogen (secondary N) is 1. The molecule has 0 saturated carbocycles. The Morgan fingerprint density at radius 1 is 1.43 bits per heavy atom. The average molecular weight is 319 g/mol. The molecule has 0 unspecified atom stereocenters. The van der Waals surface area contributed by atoms with Gasteiger partial charge in [0.2, 0.25) is 10.0 Å². The first-order valence-corrected chi connectivity index (χ1v) is 7.78. The predicted octanol–water partition coefficient (Wildman–Crippen LogP) is 1.54. The number of carboxylic acid groups (broad SMARTS) is 1. The number of hydrogen-bond donors (Lipinski definition) is 2. The van der Waals surface area contributed by atoms with Gasteiger partial charge in [0.05, 0.1) is 23.2 Å². The normalized spacial score (nSPS) is 11.9. The molecule has 0 heterocycles. The monoisotopic (exact) mass is 319 g/mol. The number of aromatic carboxylic acids is 1. The van der Waals surface area contributed by atoms with Gasteiger partial charge >= 0.3 is 5.97 Å². The van der Waals surface area contributed by atoms with E-state index in [1.807, 2.05) is 13.8 Å². The van der Waals surface area contributed by atoms with Gasteiger partial charge in [-0.1, -0.05) is 0 Å².